The second-order valence-electron chi connectivity index (χ2n) is 6.94. The quantitative estimate of drug-likeness (QED) is 0.622. The molecule has 28 heavy (non-hydrogen) atoms. The Balaban J connectivity index is 1.72. The molecule has 9 heteroatoms. The van der Waals surface area contributed by atoms with Crippen LogP contribution in [-0.2, 0) is 16.1 Å². The number of nitrogens with two attached hydrogens (primary N) is 1. The number of nitrogens with one attached hydrogen (secondary N) is 1. The minimum Gasteiger partial charge on any atom is -0.495 e. The summed E-state index contributed by atoms with van der Waals surface area (Å²) in [4.78, 5) is 23.9. The first-order chi connectivity index (χ1) is 13.4. The highest BCUT2D eigenvalue weighted by Gasteiger charge is 2.31. The van der Waals surface area contributed by atoms with Crippen molar-refractivity contribution in [1.29, 1.82) is 0 Å². The third-order valence-corrected chi connectivity index (χ3v) is 5.61. The van der Waals surface area contributed by atoms with Crippen molar-refractivity contribution < 1.29 is 14.3 Å². The van der Waals surface area contributed by atoms with E-state index in [1.54, 1.807) is 7.11 Å². The number of aryl methyl sites for hydroxylation is 1. The number of hydrogen-bond donors (Lipinski definition) is 2. The fraction of sp³-hybridized carbons (Fsp3) is 0.474. The molecule has 1 heterocycles. The van der Waals surface area contributed by atoms with Gasteiger partial charge in [-0.15, -0.1) is 10.2 Å². The summed E-state index contributed by atoms with van der Waals surface area (Å²) in [7, 11) is 1.57. The molecule has 3 N–H and O–H groups in total. The van der Waals surface area contributed by atoms with Gasteiger partial charge in [0.2, 0.25) is 11.8 Å². The monoisotopic (exact) mass is 403 g/mol. The maximum atomic E-state index is 12.7. The van der Waals surface area contributed by atoms with Crippen LogP contribution in [0, 0.1) is 6.92 Å². The highest BCUT2D eigenvalue weighted by atomic mass is 32.2. The predicted molar refractivity (Wildman–Crippen MR) is 107 cm³/mol. The van der Waals surface area contributed by atoms with Crippen molar-refractivity contribution in [3.05, 3.63) is 29.6 Å². The molecule has 8 nitrogen and oxygen atoms in total. The molecular weight excluding hydrogens is 378 g/mol. The fourth-order valence-corrected chi connectivity index (χ4v) is 3.71. The Hall–Kier alpha value is -2.55. The first-order valence-electron chi connectivity index (χ1n) is 9.22. The van der Waals surface area contributed by atoms with Crippen molar-refractivity contribution in [3.63, 3.8) is 0 Å². The van der Waals surface area contributed by atoms with E-state index < -0.39 is 5.25 Å². The van der Waals surface area contributed by atoms with Gasteiger partial charge in [-0.2, -0.15) is 0 Å². The summed E-state index contributed by atoms with van der Waals surface area (Å²) in [5.41, 5.74) is 6.96. The lowest BCUT2D eigenvalue weighted by Crippen LogP contribution is -2.23. The molecule has 0 spiro atoms. The second kappa shape index (κ2) is 8.64. The topological polar surface area (TPSA) is 112 Å². The van der Waals surface area contributed by atoms with Crippen LogP contribution < -0.4 is 15.8 Å². The van der Waals surface area contributed by atoms with E-state index in [-0.39, 0.29) is 18.2 Å². The van der Waals surface area contributed by atoms with Gasteiger partial charge < -0.3 is 20.4 Å². The molecule has 150 valence electrons. The molecule has 0 saturated heterocycles. The number of ether oxygens (including phenoxy) is 1. The number of thioether (sulfide) groups is 1. The number of hydrogen-bond acceptors (Lipinski definition) is 6. The van der Waals surface area contributed by atoms with E-state index in [2.05, 4.69) is 15.5 Å². The van der Waals surface area contributed by atoms with Gasteiger partial charge in [0, 0.05) is 18.9 Å². The number of carbonyl (C=O) groups is 2. The Labute approximate surface area is 168 Å². The van der Waals surface area contributed by atoms with Crippen LogP contribution in [0.3, 0.4) is 0 Å². The number of carbonyl (C=O) groups excluding carboxylic acids is 2. The number of rotatable bonds is 9. The van der Waals surface area contributed by atoms with Crippen LogP contribution in [0.2, 0.25) is 0 Å². The van der Waals surface area contributed by atoms with Gasteiger partial charge >= 0.3 is 0 Å². The standard InChI is InChI=1S/C19H25N5O3S/c1-11-4-7-15(27-3)14(10-11)21-18(26)12(2)28-19-23-22-17(13-5-6-13)24(19)9-8-16(20)25/h4,7,10,12-13H,5-6,8-9H2,1-3H3,(H2,20,25)(H,21,26). The third-order valence-electron chi connectivity index (χ3n) is 4.53. The van der Waals surface area contributed by atoms with Crippen molar-refractivity contribution in [2.75, 3.05) is 12.4 Å². The van der Waals surface area contributed by atoms with E-state index in [0.29, 0.717) is 29.1 Å². The number of primary amides is 1. The van der Waals surface area contributed by atoms with Gasteiger partial charge in [-0.25, -0.2) is 0 Å². The molecule has 1 fully saturated rings. The smallest absolute Gasteiger partial charge is 0.237 e. The molecule has 1 aliphatic carbocycles. The Morgan fingerprint density at radius 3 is 2.79 bits per heavy atom. The van der Waals surface area contributed by atoms with E-state index in [0.717, 1.165) is 24.2 Å². The van der Waals surface area contributed by atoms with E-state index >= 15 is 0 Å². The molecule has 0 aliphatic heterocycles. The van der Waals surface area contributed by atoms with Crippen LogP contribution in [-0.4, -0.2) is 38.9 Å². The maximum absolute atomic E-state index is 12.7. The zero-order valence-electron chi connectivity index (χ0n) is 16.3. The molecule has 2 amide bonds. The first-order valence-corrected chi connectivity index (χ1v) is 10.1. The zero-order chi connectivity index (χ0) is 20.3. The van der Waals surface area contributed by atoms with Crippen LogP contribution in [0.4, 0.5) is 5.69 Å². The van der Waals surface area contributed by atoms with Gasteiger partial charge in [0.25, 0.3) is 0 Å². The van der Waals surface area contributed by atoms with Crippen molar-refractivity contribution in [1.82, 2.24) is 14.8 Å². The Morgan fingerprint density at radius 2 is 2.14 bits per heavy atom. The van der Waals surface area contributed by atoms with Crippen LogP contribution in [0.25, 0.3) is 0 Å². The zero-order valence-corrected chi connectivity index (χ0v) is 17.1. The number of aromatic nitrogens is 3. The van der Waals surface area contributed by atoms with Crippen molar-refractivity contribution in [2.45, 2.75) is 56.0 Å². The molecular formula is C19H25N5O3S. The van der Waals surface area contributed by atoms with Gasteiger partial charge in [0.05, 0.1) is 18.0 Å². The maximum Gasteiger partial charge on any atom is 0.237 e. The van der Waals surface area contributed by atoms with Crippen LogP contribution >= 0.6 is 11.8 Å². The summed E-state index contributed by atoms with van der Waals surface area (Å²) in [6.45, 7) is 4.19. The molecule has 1 saturated carbocycles. The largest absolute Gasteiger partial charge is 0.495 e. The van der Waals surface area contributed by atoms with E-state index in [9.17, 15) is 9.59 Å². The summed E-state index contributed by atoms with van der Waals surface area (Å²) in [5.74, 6) is 1.33. The lowest BCUT2D eigenvalue weighted by Gasteiger charge is -2.15. The second-order valence-corrected chi connectivity index (χ2v) is 8.24. The summed E-state index contributed by atoms with van der Waals surface area (Å²) in [6.07, 6.45) is 2.36. The fourth-order valence-electron chi connectivity index (χ4n) is 2.83. The molecule has 3 rings (SSSR count). The molecule has 1 aromatic heterocycles. The summed E-state index contributed by atoms with van der Waals surface area (Å²) in [6, 6.07) is 5.62. The Morgan fingerprint density at radius 1 is 1.39 bits per heavy atom. The molecule has 0 bridgehead atoms. The van der Waals surface area contributed by atoms with Crippen LogP contribution in [0.1, 0.15) is 43.5 Å². The average Bonchev–Trinajstić information content (AvgIpc) is 3.42. The minimum atomic E-state index is -0.409. The Bertz CT molecular complexity index is 878. The van der Waals surface area contributed by atoms with Gasteiger partial charge in [0.15, 0.2) is 5.16 Å². The number of nitrogens with zero attached hydrogens (tertiary/aromatic N) is 3. The lowest BCUT2D eigenvalue weighted by atomic mass is 10.2. The molecule has 2 aromatic rings. The Kier molecular flexibility index (Phi) is 6.23. The van der Waals surface area contributed by atoms with Gasteiger partial charge in [0.1, 0.15) is 11.6 Å². The molecule has 0 radical (unpaired) electrons. The number of anilines is 1. The summed E-state index contributed by atoms with van der Waals surface area (Å²) in [5, 5.41) is 11.7. The van der Waals surface area contributed by atoms with Gasteiger partial charge in [-0.05, 0) is 44.4 Å². The van der Waals surface area contributed by atoms with Gasteiger partial charge in [-0.1, -0.05) is 17.8 Å². The molecule has 1 unspecified atom stereocenters. The minimum absolute atomic E-state index is 0.161. The van der Waals surface area contributed by atoms with Crippen LogP contribution in [0.15, 0.2) is 23.4 Å². The lowest BCUT2D eigenvalue weighted by molar-refractivity contribution is -0.118. The summed E-state index contributed by atoms with van der Waals surface area (Å²) < 4.78 is 7.24. The van der Waals surface area contributed by atoms with Gasteiger partial charge in [-0.3, -0.25) is 9.59 Å². The molecule has 1 aromatic carbocycles. The molecule has 1 atom stereocenters. The number of methoxy groups -OCH3 is 1. The third kappa shape index (κ3) is 4.83. The number of benzene rings is 1. The van der Waals surface area contributed by atoms with Crippen molar-refractivity contribution in [3.8, 4) is 5.75 Å². The van der Waals surface area contributed by atoms with E-state index in [4.69, 9.17) is 10.5 Å². The SMILES string of the molecule is COc1ccc(C)cc1NC(=O)C(C)Sc1nnc(C2CC2)n1CCC(N)=O. The van der Waals surface area contributed by atoms with Crippen molar-refractivity contribution >= 4 is 29.3 Å². The average molecular weight is 404 g/mol. The normalized spacial score (nSPS) is 14.5. The number of amides is 2. The highest BCUT2D eigenvalue weighted by molar-refractivity contribution is 8.00. The predicted octanol–water partition coefficient (Wildman–Crippen LogP) is 2.47. The van der Waals surface area contributed by atoms with E-state index in [1.165, 1.54) is 11.8 Å². The highest BCUT2D eigenvalue weighted by Crippen LogP contribution is 2.40. The molecule has 1 aliphatic rings. The van der Waals surface area contributed by atoms with Crippen LogP contribution in [0.5, 0.6) is 5.75 Å². The summed E-state index contributed by atoms with van der Waals surface area (Å²) >= 11 is 1.32. The first kappa shape index (κ1) is 20.2. The van der Waals surface area contributed by atoms with E-state index in [1.807, 2.05) is 36.6 Å². The van der Waals surface area contributed by atoms with Crippen molar-refractivity contribution in [2.24, 2.45) is 5.73 Å².